The van der Waals surface area contributed by atoms with Gasteiger partial charge in [0.15, 0.2) is 0 Å². The van der Waals surface area contributed by atoms with Gasteiger partial charge in [0.25, 0.3) is 0 Å². The van der Waals surface area contributed by atoms with Crippen LogP contribution in [-0.2, 0) is 23.8 Å². The fourth-order valence-corrected chi connectivity index (χ4v) is 11.7. The van der Waals surface area contributed by atoms with E-state index in [9.17, 15) is 14.7 Å². The summed E-state index contributed by atoms with van der Waals surface area (Å²) in [5.74, 6) is 0.0741. The maximum absolute atomic E-state index is 13.3. The van der Waals surface area contributed by atoms with Gasteiger partial charge in [0, 0.05) is 30.3 Å². The van der Waals surface area contributed by atoms with Gasteiger partial charge in [-0.15, -0.1) is 0 Å². The summed E-state index contributed by atoms with van der Waals surface area (Å²) in [6.07, 6.45) is 7.42. The number of esters is 1. The first-order valence-corrected chi connectivity index (χ1v) is 17.5. The summed E-state index contributed by atoms with van der Waals surface area (Å²) < 4.78 is 19.3. The van der Waals surface area contributed by atoms with Crippen LogP contribution in [0.15, 0.2) is 11.6 Å². The Balaban J connectivity index is 1.55. The van der Waals surface area contributed by atoms with E-state index >= 15 is 0 Å². The summed E-state index contributed by atoms with van der Waals surface area (Å²) in [6.45, 7) is 24.3. The average molecular weight is 616 g/mol. The minimum atomic E-state index is -0.634. The molecule has 250 valence electrons. The monoisotopic (exact) mass is 615 g/mol. The number of hydrogen-bond donors (Lipinski definition) is 2. The minimum Gasteiger partial charge on any atom is -0.481 e. The molecule has 1 heterocycles. The predicted molar refractivity (Wildman–Crippen MR) is 172 cm³/mol. The average Bonchev–Trinajstić information content (AvgIpc) is 2.91. The van der Waals surface area contributed by atoms with Crippen LogP contribution >= 0.6 is 0 Å². The summed E-state index contributed by atoms with van der Waals surface area (Å²) in [5.41, 5.74) is 0.175. The Morgan fingerprint density at radius 1 is 1.05 bits per heavy atom. The van der Waals surface area contributed by atoms with E-state index in [1.807, 2.05) is 0 Å². The maximum atomic E-state index is 13.3. The van der Waals surface area contributed by atoms with Crippen molar-refractivity contribution in [2.75, 3.05) is 26.4 Å². The lowest BCUT2D eigenvalue weighted by Crippen LogP contribution is -2.70. The number of ether oxygens (including phenoxy) is 3. The van der Waals surface area contributed by atoms with Gasteiger partial charge in [-0.05, 0) is 78.4 Å². The van der Waals surface area contributed by atoms with Gasteiger partial charge in [0.2, 0.25) is 0 Å². The lowest BCUT2D eigenvalue weighted by Gasteiger charge is -2.71. The van der Waals surface area contributed by atoms with Crippen molar-refractivity contribution < 1.29 is 28.9 Å². The lowest BCUT2D eigenvalue weighted by atomic mass is 9.34. The summed E-state index contributed by atoms with van der Waals surface area (Å²) in [6, 6.07) is 0.378. The molecule has 0 radical (unpaired) electrons. The Kier molecular flexibility index (Phi) is 8.99. The number of carbonyl (C=O) groups excluding carboxylic acids is 1. The third kappa shape index (κ3) is 4.92. The highest BCUT2D eigenvalue weighted by Gasteiger charge is 2.72. The number of carboxylic acids is 1. The van der Waals surface area contributed by atoms with E-state index in [-0.39, 0.29) is 51.2 Å². The third-order valence-corrected chi connectivity index (χ3v) is 14.3. The van der Waals surface area contributed by atoms with E-state index in [1.54, 1.807) is 0 Å². The first-order valence-electron chi connectivity index (χ1n) is 17.5. The Labute approximate surface area is 266 Å². The van der Waals surface area contributed by atoms with Crippen LogP contribution in [0.2, 0.25) is 0 Å². The number of fused-ring (bicyclic) bond motifs is 3. The zero-order chi connectivity index (χ0) is 32.5. The van der Waals surface area contributed by atoms with Gasteiger partial charge in [-0.3, -0.25) is 9.59 Å². The van der Waals surface area contributed by atoms with Crippen LogP contribution in [0.25, 0.3) is 0 Å². The molecule has 5 rings (SSSR count). The number of hydrogen-bond acceptors (Lipinski definition) is 6. The van der Waals surface area contributed by atoms with Gasteiger partial charge in [-0.1, -0.05) is 74.0 Å². The van der Waals surface area contributed by atoms with Gasteiger partial charge in [0.05, 0.1) is 25.7 Å². The summed E-state index contributed by atoms with van der Waals surface area (Å²) >= 11 is 0. The van der Waals surface area contributed by atoms with E-state index in [4.69, 9.17) is 14.2 Å². The van der Waals surface area contributed by atoms with Crippen molar-refractivity contribution in [1.29, 1.82) is 0 Å². The molecule has 1 saturated heterocycles. The summed E-state index contributed by atoms with van der Waals surface area (Å²) in [7, 11) is 0. The highest BCUT2D eigenvalue weighted by atomic mass is 16.6. The second-order valence-electron chi connectivity index (χ2n) is 17.1. The molecule has 0 spiro atoms. The van der Waals surface area contributed by atoms with E-state index in [1.165, 1.54) is 12.5 Å². The van der Waals surface area contributed by atoms with E-state index in [2.05, 4.69) is 73.7 Å². The smallest absolute Gasteiger partial charge is 0.307 e. The summed E-state index contributed by atoms with van der Waals surface area (Å²) in [5, 5.41) is 14.4. The van der Waals surface area contributed by atoms with Crippen molar-refractivity contribution in [3.05, 3.63) is 11.6 Å². The van der Waals surface area contributed by atoms with Gasteiger partial charge in [0.1, 0.15) is 12.2 Å². The molecule has 0 amide bonds. The SMILES string of the molecule is CC(=O)O[C@@H]1C[C@@]23COC[C@@](C)(C2CC[C@H]2C3=CC[C@@]3(C)[C@H](C(=O)O)[C@@](C)([C@H](C)C(C)C)CC[C@]23C)[C@H]1OCCNC(C)C. The zero-order valence-electron chi connectivity index (χ0n) is 29.3. The van der Waals surface area contributed by atoms with Crippen LogP contribution < -0.4 is 5.32 Å². The Morgan fingerprint density at radius 3 is 2.36 bits per heavy atom. The molecule has 11 atom stereocenters. The van der Waals surface area contributed by atoms with Crippen molar-refractivity contribution in [1.82, 2.24) is 5.32 Å². The van der Waals surface area contributed by atoms with Crippen LogP contribution in [-0.4, -0.2) is 61.7 Å². The highest BCUT2D eigenvalue weighted by molar-refractivity contribution is 5.73. The number of carbonyl (C=O) groups is 2. The molecule has 4 fully saturated rings. The molecule has 7 nitrogen and oxygen atoms in total. The first kappa shape index (κ1) is 33.9. The van der Waals surface area contributed by atoms with Crippen molar-refractivity contribution in [2.45, 2.75) is 126 Å². The number of nitrogens with one attached hydrogen (secondary N) is 1. The van der Waals surface area contributed by atoms with Gasteiger partial charge in [-0.25, -0.2) is 0 Å². The van der Waals surface area contributed by atoms with Crippen molar-refractivity contribution in [3.63, 3.8) is 0 Å². The molecule has 5 aliphatic rings. The van der Waals surface area contributed by atoms with Crippen LogP contribution in [0.5, 0.6) is 0 Å². The predicted octanol–water partition coefficient (Wildman–Crippen LogP) is 6.89. The molecule has 0 aromatic rings. The van der Waals surface area contributed by atoms with Gasteiger partial charge < -0.3 is 24.6 Å². The Hall–Kier alpha value is -1.44. The topological polar surface area (TPSA) is 94.1 Å². The zero-order valence-corrected chi connectivity index (χ0v) is 29.3. The molecule has 7 heteroatoms. The standard InChI is InChI=1S/C37H61NO6/c1-22(2)24(5)33(7)15-16-35(9)26-11-12-29-34(8)20-42-21-37(29,27(26)13-14-36(35,10)30(33)32(40)41)19-28(44-25(6)39)31(34)43-18-17-38-23(3)4/h13,22-24,26,28-31,38H,11-12,14-21H2,1-10H3,(H,40,41)/t24-,26+,28-,29?,30-,31+,33-,34+,35-,36+,37+/m1/s1. The second kappa shape index (κ2) is 11.7. The summed E-state index contributed by atoms with van der Waals surface area (Å²) in [4.78, 5) is 25.8. The lowest BCUT2D eigenvalue weighted by molar-refractivity contribution is -0.266. The van der Waals surface area contributed by atoms with E-state index in [0.29, 0.717) is 50.0 Å². The molecule has 0 aromatic carbocycles. The number of aliphatic carboxylic acids is 1. The molecular weight excluding hydrogens is 554 g/mol. The van der Waals surface area contributed by atoms with Crippen LogP contribution in [0.1, 0.15) is 108 Å². The van der Waals surface area contributed by atoms with Crippen molar-refractivity contribution in [2.24, 2.45) is 56.7 Å². The molecule has 44 heavy (non-hydrogen) atoms. The van der Waals surface area contributed by atoms with Crippen molar-refractivity contribution >= 4 is 11.9 Å². The maximum Gasteiger partial charge on any atom is 0.307 e. The minimum absolute atomic E-state index is 0.142. The Morgan fingerprint density at radius 2 is 1.75 bits per heavy atom. The van der Waals surface area contributed by atoms with E-state index < -0.39 is 11.9 Å². The van der Waals surface area contributed by atoms with Gasteiger partial charge >= 0.3 is 11.9 Å². The van der Waals surface area contributed by atoms with E-state index in [0.717, 1.165) is 38.6 Å². The normalized spacial score (nSPS) is 45.5. The molecular formula is C37H61NO6. The molecule has 2 N–H and O–H groups in total. The quantitative estimate of drug-likeness (QED) is 0.166. The van der Waals surface area contributed by atoms with Crippen LogP contribution in [0.3, 0.4) is 0 Å². The molecule has 2 bridgehead atoms. The third-order valence-electron chi connectivity index (χ3n) is 14.3. The highest BCUT2D eigenvalue weighted by Crippen LogP contribution is 2.75. The van der Waals surface area contributed by atoms with Crippen molar-refractivity contribution in [3.8, 4) is 0 Å². The second-order valence-corrected chi connectivity index (χ2v) is 17.1. The first-order chi connectivity index (χ1) is 20.5. The molecule has 4 aliphatic carbocycles. The number of rotatable bonds is 9. The fourth-order valence-electron chi connectivity index (χ4n) is 11.7. The number of allylic oxidation sites excluding steroid dienone is 1. The largest absolute Gasteiger partial charge is 0.481 e. The molecule has 1 aliphatic heterocycles. The van der Waals surface area contributed by atoms with Crippen LogP contribution in [0.4, 0.5) is 0 Å². The molecule has 1 unspecified atom stereocenters. The fraction of sp³-hybridized carbons (Fsp3) is 0.892. The number of carboxylic acid groups (broad SMARTS) is 1. The van der Waals surface area contributed by atoms with Gasteiger partial charge in [-0.2, -0.15) is 0 Å². The van der Waals surface area contributed by atoms with Crippen LogP contribution in [0, 0.1) is 56.7 Å². The Bertz CT molecular complexity index is 1150. The molecule has 3 saturated carbocycles. The molecule has 0 aromatic heterocycles.